The molecule has 20 heavy (non-hydrogen) atoms. The highest BCUT2D eigenvalue weighted by molar-refractivity contribution is 9.10. The van der Waals surface area contributed by atoms with Crippen LogP contribution in [0.5, 0.6) is 0 Å². The van der Waals surface area contributed by atoms with E-state index in [0.717, 1.165) is 38.8 Å². The largest absolute Gasteiger partial charge is 0.292 e. The molecule has 0 spiro atoms. The van der Waals surface area contributed by atoms with Crippen LogP contribution in [0, 0.1) is 5.82 Å². The molecular weight excluding hydrogens is 321 g/mol. The monoisotopic (exact) mass is 341 g/mol. The molecule has 0 N–H and O–H groups in total. The summed E-state index contributed by atoms with van der Waals surface area (Å²) in [6.07, 6.45) is 3.74. The Labute approximate surface area is 128 Å². The summed E-state index contributed by atoms with van der Waals surface area (Å²) >= 11 is 3.17. The zero-order chi connectivity index (χ0) is 14.8. The first-order valence-corrected chi connectivity index (χ1v) is 8.10. The minimum absolute atomic E-state index is 0.0579. The van der Waals surface area contributed by atoms with Gasteiger partial charge in [0.25, 0.3) is 0 Å². The standard InChI is InChI=1S/C16H21BrFNO/c1-3-19(4-2)16(10-5-6-11-16)15(20)12-8-7-9-13(17)14(12)18/h7-9H,3-6,10-11H2,1-2H3. The minimum atomic E-state index is -0.509. The Morgan fingerprint density at radius 2 is 1.90 bits per heavy atom. The quantitative estimate of drug-likeness (QED) is 0.738. The number of Topliss-reactive ketones (excluding diaryl/α,β-unsaturated/α-hetero) is 1. The summed E-state index contributed by atoms with van der Waals surface area (Å²) in [5.74, 6) is -0.492. The molecule has 0 aromatic heterocycles. The number of hydrogen-bond acceptors (Lipinski definition) is 2. The summed E-state index contributed by atoms with van der Waals surface area (Å²) in [4.78, 5) is 15.2. The normalized spacial score (nSPS) is 17.6. The fourth-order valence-corrected chi connectivity index (χ4v) is 3.77. The number of rotatable bonds is 5. The van der Waals surface area contributed by atoms with E-state index in [1.54, 1.807) is 18.2 Å². The molecule has 0 radical (unpaired) electrons. The Morgan fingerprint density at radius 1 is 1.30 bits per heavy atom. The molecule has 1 aromatic rings. The van der Waals surface area contributed by atoms with Crippen molar-refractivity contribution in [2.24, 2.45) is 0 Å². The van der Waals surface area contributed by atoms with Crippen molar-refractivity contribution in [3.8, 4) is 0 Å². The van der Waals surface area contributed by atoms with Gasteiger partial charge in [-0.25, -0.2) is 4.39 Å². The Hall–Kier alpha value is -0.740. The van der Waals surface area contributed by atoms with Gasteiger partial charge in [0, 0.05) is 0 Å². The fraction of sp³-hybridized carbons (Fsp3) is 0.562. The lowest BCUT2D eigenvalue weighted by Gasteiger charge is -2.39. The first-order valence-electron chi connectivity index (χ1n) is 7.30. The third-order valence-electron chi connectivity index (χ3n) is 4.42. The topological polar surface area (TPSA) is 20.3 Å². The van der Waals surface area contributed by atoms with Crippen LogP contribution >= 0.6 is 15.9 Å². The second-order valence-corrected chi connectivity index (χ2v) is 6.20. The van der Waals surface area contributed by atoms with Gasteiger partial charge in [0.05, 0.1) is 15.6 Å². The molecule has 2 rings (SSSR count). The van der Waals surface area contributed by atoms with Gasteiger partial charge in [0.2, 0.25) is 0 Å². The van der Waals surface area contributed by atoms with Gasteiger partial charge in [0.15, 0.2) is 5.78 Å². The molecule has 0 heterocycles. The number of carbonyl (C=O) groups is 1. The minimum Gasteiger partial charge on any atom is -0.292 e. The van der Waals surface area contributed by atoms with Crippen molar-refractivity contribution < 1.29 is 9.18 Å². The third kappa shape index (κ3) is 2.56. The van der Waals surface area contributed by atoms with Gasteiger partial charge in [-0.2, -0.15) is 0 Å². The number of hydrogen-bond donors (Lipinski definition) is 0. The lowest BCUT2D eigenvalue weighted by molar-refractivity contribution is 0.0580. The second-order valence-electron chi connectivity index (χ2n) is 5.34. The van der Waals surface area contributed by atoms with Crippen molar-refractivity contribution in [2.75, 3.05) is 13.1 Å². The Kier molecular flexibility index (Phi) is 4.97. The van der Waals surface area contributed by atoms with Crippen LogP contribution in [0.4, 0.5) is 4.39 Å². The second kappa shape index (κ2) is 6.35. The first-order chi connectivity index (χ1) is 9.56. The van der Waals surface area contributed by atoms with Crippen LogP contribution in [0.3, 0.4) is 0 Å². The Bertz CT molecular complexity index is 493. The van der Waals surface area contributed by atoms with Gasteiger partial charge in [-0.05, 0) is 54.0 Å². The molecule has 1 saturated carbocycles. The van der Waals surface area contributed by atoms with Crippen molar-refractivity contribution in [1.29, 1.82) is 0 Å². The Morgan fingerprint density at radius 3 is 2.45 bits per heavy atom. The molecular formula is C16H21BrFNO. The number of likely N-dealkylation sites (N-methyl/N-ethyl adjacent to an activating group) is 1. The van der Waals surface area contributed by atoms with Gasteiger partial charge < -0.3 is 0 Å². The maximum Gasteiger partial charge on any atom is 0.186 e. The first kappa shape index (κ1) is 15.6. The molecule has 0 saturated heterocycles. The number of halogens is 2. The van der Waals surface area contributed by atoms with E-state index >= 15 is 0 Å². The molecule has 0 unspecified atom stereocenters. The zero-order valence-electron chi connectivity index (χ0n) is 12.1. The lowest BCUT2D eigenvalue weighted by Crippen LogP contribution is -2.52. The molecule has 0 aliphatic heterocycles. The maximum absolute atomic E-state index is 14.3. The van der Waals surface area contributed by atoms with Crippen LogP contribution in [0.15, 0.2) is 22.7 Å². The van der Waals surface area contributed by atoms with Crippen molar-refractivity contribution >= 4 is 21.7 Å². The summed E-state index contributed by atoms with van der Waals surface area (Å²) in [6, 6.07) is 4.96. The zero-order valence-corrected chi connectivity index (χ0v) is 13.7. The average Bonchev–Trinajstić information content (AvgIpc) is 2.93. The summed E-state index contributed by atoms with van der Waals surface area (Å²) < 4.78 is 14.6. The van der Waals surface area contributed by atoms with Gasteiger partial charge in [-0.3, -0.25) is 9.69 Å². The van der Waals surface area contributed by atoms with Gasteiger partial charge in [0.1, 0.15) is 5.82 Å². The predicted octanol–water partition coefficient (Wildman–Crippen LogP) is 4.43. The van der Waals surface area contributed by atoms with Crippen LogP contribution in [-0.2, 0) is 0 Å². The van der Waals surface area contributed by atoms with Crippen LogP contribution in [-0.4, -0.2) is 29.3 Å². The van der Waals surface area contributed by atoms with Crippen molar-refractivity contribution in [3.63, 3.8) is 0 Å². The van der Waals surface area contributed by atoms with Crippen LogP contribution in [0.1, 0.15) is 49.9 Å². The van der Waals surface area contributed by atoms with Crippen LogP contribution in [0.25, 0.3) is 0 Å². The molecule has 1 aromatic carbocycles. The highest BCUT2D eigenvalue weighted by atomic mass is 79.9. The molecule has 4 heteroatoms. The molecule has 1 fully saturated rings. The van der Waals surface area contributed by atoms with Crippen molar-refractivity contribution in [2.45, 2.75) is 45.1 Å². The third-order valence-corrected chi connectivity index (χ3v) is 5.03. The van der Waals surface area contributed by atoms with E-state index in [9.17, 15) is 9.18 Å². The maximum atomic E-state index is 14.3. The smallest absolute Gasteiger partial charge is 0.186 e. The summed E-state index contributed by atoms with van der Waals surface area (Å²) in [5, 5.41) is 0. The molecule has 0 amide bonds. The molecule has 1 aliphatic rings. The van der Waals surface area contributed by atoms with Crippen LogP contribution in [0.2, 0.25) is 0 Å². The summed E-state index contributed by atoms with van der Waals surface area (Å²) in [5.41, 5.74) is -0.293. The van der Waals surface area contributed by atoms with Crippen LogP contribution < -0.4 is 0 Å². The van der Waals surface area contributed by atoms with E-state index < -0.39 is 11.4 Å². The molecule has 1 aliphatic carbocycles. The van der Waals surface area contributed by atoms with E-state index in [4.69, 9.17) is 0 Å². The van der Waals surface area contributed by atoms with E-state index in [0.29, 0.717) is 4.47 Å². The number of ketones is 1. The number of benzene rings is 1. The average molecular weight is 342 g/mol. The number of nitrogens with zero attached hydrogens (tertiary/aromatic N) is 1. The SMILES string of the molecule is CCN(CC)C1(C(=O)c2cccc(Br)c2F)CCCC1. The van der Waals surface area contributed by atoms with Gasteiger partial charge >= 0.3 is 0 Å². The molecule has 0 atom stereocenters. The predicted molar refractivity (Wildman–Crippen MR) is 82.6 cm³/mol. The van der Waals surface area contributed by atoms with Gasteiger partial charge in [-0.1, -0.05) is 32.8 Å². The van der Waals surface area contributed by atoms with Crippen molar-refractivity contribution in [3.05, 3.63) is 34.1 Å². The van der Waals surface area contributed by atoms with E-state index in [1.807, 2.05) is 0 Å². The lowest BCUT2D eigenvalue weighted by atomic mass is 9.85. The summed E-state index contributed by atoms with van der Waals surface area (Å²) in [6.45, 7) is 5.76. The Balaban J connectivity index is 2.44. The van der Waals surface area contributed by atoms with Gasteiger partial charge in [-0.15, -0.1) is 0 Å². The summed E-state index contributed by atoms with van der Waals surface area (Å²) in [7, 11) is 0. The molecule has 0 bridgehead atoms. The number of carbonyl (C=O) groups excluding carboxylic acids is 1. The van der Waals surface area contributed by atoms with E-state index in [2.05, 4.69) is 34.7 Å². The van der Waals surface area contributed by atoms with Crippen molar-refractivity contribution in [1.82, 2.24) is 4.90 Å². The molecule has 2 nitrogen and oxygen atoms in total. The highest BCUT2D eigenvalue weighted by Crippen LogP contribution is 2.39. The molecule has 110 valence electrons. The fourth-order valence-electron chi connectivity index (χ4n) is 3.41. The van der Waals surface area contributed by atoms with E-state index in [-0.39, 0.29) is 11.3 Å². The van der Waals surface area contributed by atoms with E-state index in [1.165, 1.54) is 0 Å². The highest BCUT2D eigenvalue weighted by Gasteiger charge is 2.45.